The summed E-state index contributed by atoms with van der Waals surface area (Å²) in [5.74, 6) is -2.52. The van der Waals surface area contributed by atoms with Crippen LogP contribution in [0.1, 0.15) is 36.0 Å². The van der Waals surface area contributed by atoms with Gasteiger partial charge in [0.1, 0.15) is 5.58 Å². The minimum absolute atomic E-state index is 0.00972. The summed E-state index contributed by atoms with van der Waals surface area (Å²) in [5.41, 5.74) is 1.33. The first kappa shape index (κ1) is 20.6. The quantitative estimate of drug-likeness (QED) is 0.675. The molecular formula is C21H24N2O6. The predicted octanol–water partition coefficient (Wildman–Crippen LogP) is 2.50. The highest BCUT2D eigenvalue weighted by Crippen LogP contribution is 2.34. The van der Waals surface area contributed by atoms with Gasteiger partial charge in [0.2, 0.25) is 0 Å². The fourth-order valence-corrected chi connectivity index (χ4v) is 4.11. The number of carbonyl (C=O) groups is 3. The maximum Gasteiger partial charge on any atom is 0.328 e. The summed E-state index contributed by atoms with van der Waals surface area (Å²) >= 11 is 0. The number of amides is 1. The molecule has 29 heavy (non-hydrogen) atoms. The number of carbonyl (C=O) groups excluding carboxylic acids is 1. The van der Waals surface area contributed by atoms with Crippen LogP contribution in [0, 0.1) is 0 Å². The second-order valence-electron chi connectivity index (χ2n) is 7.35. The van der Waals surface area contributed by atoms with Crippen molar-refractivity contribution in [3.63, 3.8) is 0 Å². The zero-order valence-corrected chi connectivity index (χ0v) is 16.1. The van der Waals surface area contributed by atoms with Crippen LogP contribution in [-0.2, 0) is 9.59 Å². The van der Waals surface area contributed by atoms with E-state index in [1.807, 2.05) is 24.3 Å². The van der Waals surface area contributed by atoms with Crippen molar-refractivity contribution in [1.29, 1.82) is 0 Å². The Labute approximate surface area is 167 Å². The average molecular weight is 400 g/mol. The largest absolute Gasteiger partial charge is 0.478 e. The molecule has 0 saturated carbocycles. The maximum atomic E-state index is 12.6. The number of nitrogens with one attached hydrogen (secondary N) is 1. The zero-order valence-electron chi connectivity index (χ0n) is 16.1. The number of carboxylic acid groups (broad SMARTS) is 2. The lowest BCUT2D eigenvalue weighted by atomic mass is 9.97. The molecule has 2 fully saturated rings. The summed E-state index contributed by atoms with van der Waals surface area (Å²) in [6, 6.07) is 9.15. The Morgan fingerprint density at radius 3 is 2.28 bits per heavy atom. The number of hydrogen-bond donors (Lipinski definition) is 3. The van der Waals surface area contributed by atoms with Gasteiger partial charge in [-0.05, 0) is 44.9 Å². The minimum Gasteiger partial charge on any atom is -0.478 e. The zero-order chi connectivity index (χ0) is 21.0. The summed E-state index contributed by atoms with van der Waals surface area (Å²) < 4.78 is 5.46. The molecule has 2 bridgehead atoms. The minimum atomic E-state index is -1.26. The average Bonchev–Trinajstić information content (AvgIpc) is 3.22. The fraction of sp³-hybridized carbons (Fsp3) is 0.381. The van der Waals surface area contributed by atoms with Crippen molar-refractivity contribution in [2.75, 3.05) is 7.05 Å². The van der Waals surface area contributed by atoms with Gasteiger partial charge < -0.3 is 24.8 Å². The summed E-state index contributed by atoms with van der Waals surface area (Å²) in [6.45, 7) is 0. The molecule has 0 radical (unpaired) electrons. The van der Waals surface area contributed by atoms with Crippen LogP contribution in [0.2, 0.25) is 0 Å². The molecule has 2 aliphatic rings. The van der Waals surface area contributed by atoms with Gasteiger partial charge in [0.25, 0.3) is 5.91 Å². The number of furan rings is 1. The third-order valence-electron chi connectivity index (χ3n) is 5.53. The maximum absolute atomic E-state index is 12.6. The number of carboxylic acids is 2. The molecule has 0 aliphatic carbocycles. The normalized spacial score (nSPS) is 23.6. The van der Waals surface area contributed by atoms with Gasteiger partial charge in [-0.25, -0.2) is 9.59 Å². The Hall–Kier alpha value is -3.13. The number of aliphatic carboxylic acids is 2. The van der Waals surface area contributed by atoms with E-state index >= 15 is 0 Å². The lowest BCUT2D eigenvalue weighted by Gasteiger charge is -2.36. The summed E-state index contributed by atoms with van der Waals surface area (Å²) in [7, 11) is 2.21. The molecule has 8 nitrogen and oxygen atoms in total. The van der Waals surface area contributed by atoms with Crippen molar-refractivity contribution in [3.8, 4) is 0 Å². The van der Waals surface area contributed by atoms with Crippen LogP contribution >= 0.6 is 0 Å². The number of para-hydroxylation sites is 1. The van der Waals surface area contributed by atoms with Crippen LogP contribution in [0.4, 0.5) is 0 Å². The Kier molecular flexibility index (Phi) is 6.33. The lowest BCUT2D eigenvalue weighted by molar-refractivity contribution is -0.134. The molecule has 2 atom stereocenters. The van der Waals surface area contributed by atoms with E-state index in [2.05, 4.69) is 17.3 Å². The number of hydrogen-bond acceptors (Lipinski definition) is 5. The number of rotatable bonds is 4. The molecule has 1 aromatic carbocycles. The van der Waals surface area contributed by atoms with Crippen molar-refractivity contribution < 1.29 is 29.0 Å². The summed E-state index contributed by atoms with van der Waals surface area (Å²) in [5, 5.41) is 19.8. The van der Waals surface area contributed by atoms with Crippen LogP contribution in [0.5, 0.6) is 0 Å². The molecule has 4 rings (SSSR count). The van der Waals surface area contributed by atoms with Crippen molar-refractivity contribution >= 4 is 28.8 Å². The van der Waals surface area contributed by atoms with Crippen LogP contribution in [0.3, 0.4) is 0 Å². The van der Waals surface area contributed by atoms with E-state index in [1.165, 1.54) is 12.8 Å². The van der Waals surface area contributed by atoms with Crippen LogP contribution in [0.15, 0.2) is 47.1 Å². The van der Waals surface area contributed by atoms with Gasteiger partial charge in [0, 0.05) is 35.7 Å². The Bertz CT molecular complexity index is 904. The van der Waals surface area contributed by atoms with Crippen LogP contribution in [-0.4, -0.2) is 58.1 Å². The Balaban J connectivity index is 0.000000258. The molecule has 3 heterocycles. The number of nitrogens with zero attached hydrogens (tertiary/aromatic N) is 1. The first-order chi connectivity index (χ1) is 13.8. The molecule has 2 aliphatic heterocycles. The first-order valence-corrected chi connectivity index (χ1v) is 9.48. The van der Waals surface area contributed by atoms with Crippen molar-refractivity contribution in [3.05, 3.63) is 48.2 Å². The van der Waals surface area contributed by atoms with Crippen LogP contribution in [0.25, 0.3) is 11.0 Å². The lowest BCUT2D eigenvalue weighted by Crippen LogP contribution is -2.48. The first-order valence-electron chi connectivity index (χ1n) is 9.48. The number of benzene rings is 1. The fourth-order valence-electron chi connectivity index (χ4n) is 4.11. The van der Waals surface area contributed by atoms with Crippen LogP contribution < -0.4 is 5.32 Å². The van der Waals surface area contributed by atoms with Crippen molar-refractivity contribution in [2.45, 2.75) is 43.8 Å². The number of fused-ring (bicyclic) bond motifs is 3. The van der Waals surface area contributed by atoms with Gasteiger partial charge in [0.05, 0.1) is 11.8 Å². The monoisotopic (exact) mass is 400 g/mol. The molecule has 2 saturated heterocycles. The van der Waals surface area contributed by atoms with E-state index in [9.17, 15) is 14.4 Å². The Morgan fingerprint density at radius 2 is 1.69 bits per heavy atom. The van der Waals surface area contributed by atoms with Gasteiger partial charge in [-0.1, -0.05) is 12.1 Å². The van der Waals surface area contributed by atoms with E-state index in [0.29, 0.717) is 35.4 Å². The highest BCUT2D eigenvalue weighted by Gasteiger charge is 2.38. The van der Waals surface area contributed by atoms with Gasteiger partial charge in [-0.3, -0.25) is 4.79 Å². The highest BCUT2D eigenvalue weighted by molar-refractivity contribution is 6.04. The number of piperidine rings is 1. The van der Waals surface area contributed by atoms with E-state index in [-0.39, 0.29) is 11.9 Å². The smallest absolute Gasteiger partial charge is 0.328 e. The van der Waals surface area contributed by atoms with Gasteiger partial charge in [0.15, 0.2) is 0 Å². The summed E-state index contributed by atoms with van der Waals surface area (Å²) in [4.78, 5) is 34.1. The molecule has 1 amide bonds. The van der Waals surface area contributed by atoms with E-state index in [1.54, 1.807) is 6.26 Å². The molecule has 154 valence electrons. The standard InChI is InChI=1S/C17H20N2O2.C4H4O4/c1-19-13-5-6-14(19)10-12(9-13)18-17(20)15-4-2-3-11-7-8-21-16(11)15;5-3(6)1-2-4(7)8/h2-4,7-8,12-14H,5-6,9-10H2,1H3,(H,18,20);1-2H,(H,5,6)(H,7,8)/b;2-1-. The molecule has 1 aromatic heterocycles. The van der Waals surface area contributed by atoms with E-state index in [4.69, 9.17) is 14.6 Å². The third-order valence-corrected chi connectivity index (χ3v) is 5.53. The van der Waals surface area contributed by atoms with Gasteiger partial charge >= 0.3 is 11.9 Å². The second kappa shape index (κ2) is 8.91. The topological polar surface area (TPSA) is 120 Å². The highest BCUT2D eigenvalue weighted by atomic mass is 16.4. The van der Waals surface area contributed by atoms with Crippen molar-refractivity contribution in [2.24, 2.45) is 0 Å². The van der Waals surface area contributed by atoms with E-state index in [0.717, 1.165) is 18.2 Å². The SMILES string of the molecule is CN1C2CCC1CC(NC(=O)c1cccc3ccoc13)C2.O=C(O)/C=C\C(=O)O. The summed E-state index contributed by atoms with van der Waals surface area (Å²) in [6.07, 6.45) is 7.41. The molecular weight excluding hydrogens is 376 g/mol. The third kappa shape index (κ3) is 5.03. The van der Waals surface area contributed by atoms with Crippen molar-refractivity contribution in [1.82, 2.24) is 10.2 Å². The molecule has 0 spiro atoms. The molecule has 2 unspecified atom stereocenters. The van der Waals surface area contributed by atoms with Gasteiger partial charge in [-0.15, -0.1) is 0 Å². The molecule has 8 heteroatoms. The predicted molar refractivity (Wildman–Crippen MR) is 106 cm³/mol. The molecule has 2 aromatic rings. The van der Waals surface area contributed by atoms with E-state index < -0.39 is 11.9 Å². The molecule has 3 N–H and O–H groups in total. The van der Waals surface area contributed by atoms with Gasteiger partial charge in [-0.2, -0.15) is 0 Å². The second-order valence-corrected chi connectivity index (χ2v) is 7.35. The Morgan fingerprint density at radius 1 is 1.07 bits per heavy atom.